The molecule has 2 aliphatic rings. The first kappa shape index (κ1) is 15.9. The zero-order valence-electron chi connectivity index (χ0n) is 13.9. The number of nitrogens with one attached hydrogen (secondary N) is 2. The van der Waals surface area contributed by atoms with E-state index in [1.807, 2.05) is 6.92 Å². The summed E-state index contributed by atoms with van der Waals surface area (Å²) in [6, 6.07) is 2.80. The van der Waals surface area contributed by atoms with Gasteiger partial charge in [0.2, 0.25) is 5.95 Å². The average Bonchev–Trinajstić information content (AvgIpc) is 3.15. The third-order valence-corrected chi connectivity index (χ3v) is 4.70. The standard InChI is InChI=1S/C17H21N5S/c1-10-8-19-16(20-11-5-6-11)22-14(10)12(7-18)15-21-13(9-23-15)17(2,3)4/h8-9,11,21H,5-6H2,1-4H3,(H,19,20,22)/b15-12-. The lowest BCUT2D eigenvalue weighted by atomic mass is 9.93. The molecule has 1 aliphatic carbocycles. The van der Waals surface area contributed by atoms with Crippen LogP contribution in [0.25, 0.3) is 5.57 Å². The number of aromatic nitrogens is 2. The molecule has 3 rings (SSSR count). The Morgan fingerprint density at radius 3 is 2.74 bits per heavy atom. The molecule has 0 unspecified atom stereocenters. The van der Waals surface area contributed by atoms with Crippen LogP contribution in [0, 0.1) is 23.7 Å². The van der Waals surface area contributed by atoms with Crippen LogP contribution in [0.5, 0.6) is 0 Å². The summed E-state index contributed by atoms with van der Waals surface area (Å²) in [7, 11) is 0. The second-order valence-electron chi connectivity index (χ2n) is 6.98. The molecule has 1 aliphatic heterocycles. The van der Waals surface area contributed by atoms with E-state index >= 15 is 0 Å². The summed E-state index contributed by atoms with van der Waals surface area (Å²) < 4.78 is 0. The van der Waals surface area contributed by atoms with Gasteiger partial charge < -0.3 is 10.6 Å². The number of allylic oxidation sites excluding steroid dienone is 2. The number of aryl methyl sites for hydroxylation is 1. The van der Waals surface area contributed by atoms with Crippen molar-refractivity contribution < 1.29 is 0 Å². The molecule has 2 heterocycles. The molecular weight excluding hydrogens is 306 g/mol. The first-order valence-electron chi connectivity index (χ1n) is 7.77. The fourth-order valence-corrected chi connectivity index (χ4v) is 3.25. The van der Waals surface area contributed by atoms with E-state index in [1.54, 1.807) is 18.0 Å². The average molecular weight is 327 g/mol. The van der Waals surface area contributed by atoms with E-state index in [4.69, 9.17) is 0 Å². The maximum atomic E-state index is 9.67. The van der Waals surface area contributed by atoms with Crippen molar-refractivity contribution in [3.63, 3.8) is 0 Å². The van der Waals surface area contributed by atoms with Crippen molar-refractivity contribution in [2.24, 2.45) is 5.41 Å². The van der Waals surface area contributed by atoms with Crippen LogP contribution >= 0.6 is 11.8 Å². The zero-order chi connectivity index (χ0) is 16.6. The van der Waals surface area contributed by atoms with Crippen molar-refractivity contribution in [2.75, 3.05) is 5.32 Å². The third-order valence-electron chi connectivity index (χ3n) is 3.81. The molecule has 5 nitrogen and oxygen atoms in total. The fraction of sp³-hybridized carbons (Fsp3) is 0.471. The molecule has 120 valence electrons. The molecule has 0 spiro atoms. The van der Waals surface area contributed by atoms with E-state index < -0.39 is 0 Å². The molecule has 1 aromatic rings. The molecule has 0 atom stereocenters. The highest BCUT2D eigenvalue weighted by Crippen LogP contribution is 2.38. The second-order valence-corrected chi connectivity index (χ2v) is 7.86. The molecule has 0 bridgehead atoms. The van der Waals surface area contributed by atoms with Crippen LogP contribution in [0.1, 0.15) is 44.9 Å². The highest BCUT2D eigenvalue weighted by molar-refractivity contribution is 8.06. The highest BCUT2D eigenvalue weighted by atomic mass is 32.2. The summed E-state index contributed by atoms with van der Waals surface area (Å²) in [5, 5.41) is 19.3. The normalized spacial score (nSPS) is 19.7. The Morgan fingerprint density at radius 1 is 1.43 bits per heavy atom. The first-order valence-corrected chi connectivity index (χ1v) is 8.65. The Labute approximate surface area is 141 Å². The lowest BCUT2D eigenvalue weighted by molar-refractivity contribution is 0.481. The Kier molecular flexibility index (Phi) is 4.07. The summed E-state index contributed by atoms with van der Waals surface area (Å²) in [6.07, 6.45) is 4.10. The molecule has 0 aromatic carbocycles. The van der Waals surface area contributed by atoms with Gasteiger partial charge in [0.25, 0.3) is 0 Å². The monoisotopic (exact) mass is 327 g/mol. The lowest BCUT2D eigenvalue weighted by Gasteiger charge is -2.20. The molecule has 0 radical (unpaired) electrons. The van der Waals surface area contributed by atoms with E-state index in [0.29, 0.717) is 23.3 Å². The predicted molar refractivity (Wildman–Crippen MR) is 94.2 cm³/mol. The van der Waals surface area contributed by atoms with Crippen molar-refractivity contribution in [3.8, 4) is 6.07 Å². The van der Waals surface area contributed by atoms with Crippen LogP contribution in [0.15, 0.2) is 22.3 Å². The van der Waals surface area contributed by atoms with Gasteiger partial charge in [0, 0.05) is 23.4 Å². The smallest absolute Gasteiger partial charge is 0.223 e. The van der Waals surface area contributed by atoms with E-state index in [1.165, 1.54) is 0 Å². The van der Waals surface area contributed by atoms with Gasteiger partial charge in [-0.15, -0.1) is 0 Å². The van der Waals surface area contributed by atoms with Gasteiger partial charge in [-0.05, 0) is 30.7 Å². The number of hydrogen-bond donors (Lipinski definition) is 2. The Balaban J connectivity index is 1.92. The maximum absolute atomic E-state index is 9.67. The quantitative estimate of drug-likeness (QED) is 0.823. The van der Waals surface area contributed by atoms with Crippen LogP contribution < -0.4 is 10.6 Å². The van der Waals surface area contributed by atoms with E-state index in [0.717, 1.165) is 29.1 Å². The molecule has 23 heavy (non-hydrogen) atoms. The Bertz CT molecular complexity index is 732. The van der Waals surface area contributed by atoms with E-state index in [-0.39, 0.29) is 5.41 Å². The van der Waals surface area contributed by atoms with E-state index in [2.05, 4.69) is 52.9 Å². The van der Waals surface area contributed by atoms with Crippen molar-refractivity contribution in [2.45, 2.75) is 46.6 Å². The van der Waals surface area contributed by atoms with Gasteiger partial charge in [0.05, 0.1) is 10.7 Å². The van der Waals surface area contributed by atoms with Crippen LogP contribution in [0.2, 0.25) is 0 Å². The summed E-state index contributed by atoms with van der Waals surface area (Å²) in [5.41, 5.74) is 3.32. The minimum absolute atomic E-state index is 0.0225. The summed E-state index contributed by atoms with van der Waals surface area (Å²) in [6.45, 7) is 8.38. The summed E-state index contributed by atoms with van der Waals surface area (Å²) >= 11 is 1.55. The molecular formula is C17H21N5S. The number of hydrogen-bond acceptors (Lipinski definition) is 6. The number of nitriles is 1. The van der Waals surface area contributed by atoms with Crippen LogP contribution in [0.4, 0.5) is 5.95 Å². The SMILES string of the molecule is Cc1cnc(NC2CC2)nc1/C(C#N)=C1/NC(C(C)(C)C)=CS1. The minimum atomic E-state index is 0.0225. The fourth-order valence-electron chi connectivity index (χ4n) is 2.17. The van der Waals surface area contributed by atoms with Gasteiger partial charge in [-0.1, -0.05) is 32.5 Å². The molecule has 1 fully saturated rings. The summed E-state index contributed by atoms with van der Waals surface area (Å²) in [4.78, 5) is 8.90. The van der Waals surface area contributed by atoms with E-state index in [9.17, 15) is 5.26 Å². The molecule has 1 saturated carbocycles. The number of nitrogens with zero attached hydrogens (tertiary/aromatic N) is 3. The molecule has 0 saturated heterocycles. The van der Waals surface area contributed by atoms with Gasteiger partial charge >= 0.3 is 0 Å². The third kappa shape index (κ3) is 3.50. The first-order chi connectivity index (χ1) is 10.9. The topological polar surface area (TPSA) is 73.6 Å². The van der Waals surface area contributed by atoms with Crippen molar-refractivity contribution in [3.05, 3.63) is 33.6 Å². The molecule has 2 N–H and O–H groups in total. The van der Waals surface area contributed by atoms with Crippen LogP contribution in [-0.4, -0.2) is 16.0 Å². The number of rotatable bonds is 3. The molecule has 0 amide bonds. The molecule has 6 heteroatoms. The highest BCUT2D eigenvalue weighted by Gasteiger charge is 2.26. The van der Waals surface area contributed by atoms with Gasteiger partial charge in [-0.25, -0.2) is 9.97 Å². The largest absolute Gasteiger partial charge is 0.351 e. The van der Waals surface area contributed by atoms with Gasteiger partial charge in [0.15, 0.2) is 0 Å². The minimum Gasteiger partial charge on any atom is -0.351 e. The predicted octanol–water partition coefficient (Wildman–Crippen LogP) is 3.78. The van der Waals surface area contributed by atoms with Crippen molar-refractivity contribution >= 4 is 23.3 Å². The van der Waals surface area contributed by atoms with Crippen LogP contribution in [0.3, 0.4) is 0 Å². The maximum Gasteiger partial charge on any atom is 0.223 e. The zero-order valence-corrected chi connectivity index (χ0v) is 14.7. The van der Waals surface area contributed by atoms with Crippen molar-refractivity contribution in [1.29, 1.82) is 5.26 Å². The molecule has 1 aromatic heterocycles. The van der Waals surface area contributed by atoms with Gasteiger partial charge in [0.1, 0.15) is 11.6 Å². The summed E-state index contributed by atoms with van der Waals surface area (Å²) in [5.74, 6) is 0.605. The van der Waals surface area contributed by atoms with Gasteiger partial charge in [-0.3, -0.25) is 0 Å². The van der Waals surface area contributed by atoms with Gasteiger partial charge in [-0.2, -0.15) is 5.26 Å². The Morgan fingerprint density at radius 2 is 2.17 bits per heavy atom. The number of thioether (sulfide) groups is 1. The Hall–Kier alpha value is -2.00. The second kappa shape index (κ2) is 5.89. The number of anilines is 1. The van der Waals surface area contributed by atoms with Crippen molar-refractivity contribution in [1.82, 2.24) is 15.3 Å². The lowest BCUT2D eigenvalue weighted by Crippen LogP contribution is -2.20. The van der Waals surface area contributed by atoms with Crippen LogP contribution in [-0.2, 0) is 0 Å².